The van der Waals surface area contributed by atoms with E-state index in [-0.39, 0.29) is 0 Å². The molecule has 0 unspecified atom stereocenters. The molecule has 0 saturated carbocycles. The summed E-state index contributed by atoms with van der Waals surface area (Å²) in [5.74, 6) is 1.81. The highest BCUT2D eigenvalue weighted by Crippen LogP contribution is 2.39. The second-order valence-corrected chi connectivity index (χ2v) is 8.84. The minimum absolute atomic E-state index is 0.751. The van der Waals surface area contributed by atoms with Gasteiger partial charge in [-0.25, -0.2) is 0 Å². The van der Waals surface area contributed by atoms with Gasteiger partial charge in [-0.05, 0) is 36.6 Å². The predicted octanol–water partition coefficient (Wildman–Crippen LogP) is 7.90. The number of rotatable bonds is 15. The summed E-state index contributed by atoms with van der Waals surface area (Å²) in [7, 11) is 4.12. The molecular formula is C26H39NO2S. The average Bonchev–Trinajstić information content (AvgIpc) is 3.14. The number of nitrogens with zero attached hydrogens (tertiary/aromatic N) is 1. The van der Waals surface area contributed by atoms with Gasteiger partial charge in [-0.3, -0.25) is 0 Å². The van der Waals surface area contributed by atoms with Gasteiger partial charge in [0.1, 0.15) is 0 Å². The average molecular weight is 430 g/mol. The molecule has 0 spiro atoms. The van der Waals surface area contributed by atoms with Crippen LogP contribution < -0.4 is 14.4 Å². The lowest BCUT2D eigenvalue weighted by molar-refractivity contribution is 0.260. The van der Waals surface area contributed by atoms with E-state index >= 15 is 0 Å². The highest BCUT2D eigenvalue weighted by molar-refractivity contribution is 7.11. The number of unbranched alkanes of at least 4 members (excludes halogenated alkanes) is 6. The molecule has 0 radical (unpaired) electrons. The lowest BCUT2D eigenvalue weighted by atomic mass is 10.2. The maximum absolute atomic E-state index is 6.20. The first kappa shape index (κ1) is 24.3. The van der Waals surface area contributed by atoms with Gasteiger partial charge < -0.3 is 14.4 Å². The van der Waals surface area contributed by atoms with Crippen molar-refractivity contribution in [2.45, 2.75) is 65.2 Å². The molecule has 30 heavy (non-hydrogen) atoms. The van der Waals surface area contributed by atoms with Crippen molar-refractivity contribution < 1.29 is 9.47 Å². The van der Waals surface area contributed by atoms with Crippen molar-refractivity contribution in [1.29, 1.82) is 0 Å². The Morgan fingerprint density at radius 1 is 0.800 bits per heavy atom. The van der Waals surface area contributed by atoms with Crippen LogP contribution in [0.2, 0.25) is 0 Å². The quantitative estimate of drug-likeness (QED) is 0.269. The Morgan fingerprint density at radius 2 is 1.43 bits per heavy atom. The largest absolute Gasteiger partial charge is 0.489 e. The first-order valence-electron chi connectivity index (χ1n) is 11.5. The number of benzene rings is 1. The summed E-state index contributed by atoms with van der Waals surface area (Å²) in [5.41, 5.74) is 2.39. The fourth-order valence-corrected chi connectivity index (χ4v) is 3.99. The Bertz CT molecular complexity index is 734. The zero-order valence-corrected chi connectivity index (χ0v) is 20.1. The van der Waals surface area contributed by atoms with Crippen LogP contribution in [-0.4, -0.2) is 27.3 Å². The number of ether oxygens (including phenoxy) is 2. The Morgan fingerprint density at radius 3 is 2.03 bits per heavy atom. The van der Waals surface area contributed by atoms with E-state index in [1.165, 1.54) is 49.8 Å². The minimum atomic E-state index is 0.751. The highest BCUT2D eigenvalue weighted by atomic mass is 32.1. The van der Waals surface area contributed by atoms with Crippen molar-refractivity contribution in [3.63, 3.8) is 0 Å². The fraction of sp³-hybridized carbons (Fsp3) is 0.538. The van der Waals surface area contributed by atoms with Crippen LogP contribution in [0, 0.1) is 0 Å². The van der Waals surface area contributed by atoms with E-state index < -0.39 is 0 Å². The highest BCUT2D eigenvalue weighted by Gasteiger charge is 2.13. The third-order valence-electron chi connectivity index (χ3n) is 5.08. The van der Waals surface area contributed by atoms with Crippen LogP contribution in [0.4, 0.5) is 5.69 Å². The molecule has 0 amide bonds. The standard InChI is InChI=1S/C26H39NO2S/c1-5-7-9-11-19-28-24-21-30-25(26(24)29-20-12-10-8-6-2)18-15-22-13-16-23(17-14-22)27(3)4/h13-18,21H,5-12,19-20H2,1-4H3/b18-15+. The van der Waals surface area contributed by atoms with E-state index in [1.807, 2.05) is 0 Å². The van der Waals surface area contributed by atoms with Gasteiger partial charge in [-0.1, -0.05) is 70.6 Å². The van der Waals surface area contributed by atoms with E-state index in [0.29, 0.717) is 0 Å². The lowest BCUT2D eigenvalue weighted by Crippen LogP contribution is -2.07. The third kappa shape index (κ3) is 8.43. The first-order chi connectivity index (χ1) is 14.7. The number of thiophene rings is 1. The zero-order chi connectivity index (χ0) is 21.6. The molecule has 0 fully saturated rings. The van der Waals surface area contributed by atoms with Crippen LogP contribution in [0.3, 0.4) is 0 Å². The van der Waals surface area contributed by atoms with Crippen LogP contribution in [0.25, 0.3) is 12.2 Å². The van der Waals surface area contributed by atoms with Crippen LogP contribution in [0.1, 0.15) is 75.7 Å². The Labute approximate surface area is 187 Å². The van der Waals surface area contributed by atoms with Crippen LogP contribution in [0.15, 0.2) is 29.6 Å². The zero-order valence-electron chi connectivity index (χ0n) is 19.3. The molecule has 4 heteroatoms. The van der Waals surface area contributed by atoms with Crippen LogP contribution in [-0.2, 0) is 0 Å². The summed E-state index contributed by atoms with van der Waals surface area (Å²) >= 11 is 1.70. The van der Waals surface area contributed by atoms with Gasteiger partial charge in [-0.15, -0.1) is 11.3 Å². The molecule has 0 aliphatic rings. The minimum Gasteiger partial charge on any atom is -0.489 e. The molecular weight excluding hydrogens is 390 g/mol. The van der Waals surface area contributed by atoms with E-state index in [0.717, 1.165) is 42.4 Å². The van der Waals surface area contributed by atoms with Gasteiger partial charge in [0.05, 0.1) is 18.1 Å². The third-order valence-corrected chi connectivity index (χ3v) is 5.98. The predicted molar refractivity (Wildman–Crippen MR) is 133 cm³/mol. The Kier molecular flexibility index (Phi) is 11.5. The molecule has 166 valence electrons. The second-order valence-electron chi connectivity index (χ2n) is 7.93. The van der Waals surface area contributed by atoms with Crippen molar-refractivity contribution in [3.05, 3.63) is 40.1 Å². The summed E-state index contributed by atoms with van der Waals surface area (Å²) in [6, 6.07) is 8.58. The summed E-state index contributed by atoms with van der Waals surface area (Å²) in [5, 5.41) is 2.09. The van der Waals surface area contributed by atoms with E-state index in [4.69, 9.17) is 9.47 Å². The Hall–Kier alpha value is -1.94. The fourth-order valence-electron chi connectivity index (χ4n) is 3.17. The lowest BCUT2D eigenvalue weighted by Gasteiger charge is -2.12. The molecule has 0 N–H and O–H groups in total. The van der Waals surface area contributed by atoms with Crippen molar-refractivity contribution >= 4 is 29.2 Å². The summed E-state index contributed by atoms with van der Waals surface area (Å²) < 4.78 is 12.3. The topological polar surface area (TPSA) is 21.7 Å². The van der Waals surface area contributed by atoms with Crippen molar-refractivity contribution in [1.82, 2.24) is 0 Å². The van der Waals surface area contributed by atoms with E-state index in [2.05, 4.69) is 74.6 Å². The monoisotopic (exact) mass is 429 g/mol. The van der Waals surface area contributed by atoms with Crippen molar-refractivity contribution in [2.24, 2.45) is 0 Å². The SMILES string of the molecule is CCCCCCOc1csc(/C=C/c2ccc(N(C)C)cc2)c1OCCCCCC. The molecule has 0 atom stereocenters. The summed E-state index contributed by atoms with van der Waals surface area (Å²) in [6.45, 7) is 5.98. The normalized spacial score (nSPS) is 11.2. The molecule has 1 heterocycles. The molecule has 3 nitrogen and oxygen atoms in total. The number of anilines is 1. The van der Waals surface area contributed by atoms with Gasteiger partial charge in [0.2, 0.25) is 0 Å². The maximum Gasteiger partial charge on any atom is 0.179 e. The molecule has 2 rings (SSSR count). The Balaban J connectivity index is 2.03. The first-order valence-corrected chi connectivity index (χ1v) is 12.4. The molecule has 1 aromatic heterocycles. The van der Waals surface area contributed by atoms with Gasteiger partial charge in [0.25, 0.3) is 0 Å². The molecule has 0 aliphatic carbocycles. The molecule has 0 saturated heterocycles. The van der Waals surface area contributed by atoms with Crippen LogP contribution >= 0.6 is 11.3 Å². The van der Waals surface area contributed by atoms with Crippen molar-refractivity contribution in [2.75, 3.05) is 32.2 Å². The summed E-state index contributed by atoms with van der Waals surface area (Å²) in [6.07, 6.45) is 14.0. The number of hydrogen-bond donors (Lipinski definition) is 0. The van der Waals surface area contributed by atoms with E-state index in [9.17, 15) is 0 Å². The maximum atomic E-state index is 6.20. The van der Waals surface area contributed by atoms with Gasteiger partial charge in [-0.2, -0.15) is 0 Å². The van der Waals surface area contributed by atoms with Gasteiger partial charge >= 0.3 is 0 Å². The van der Waals surface area contributed by atoms with Crippen molar-refractivity contribution in [3.8, 4) is 11.5 Å². The van der Waals surface area contributed by atoms with E-state index in [1.54, 1.807) is 11.3 Å². The number of hydrogen-bond acceptors (Lipinski definition) is 4. The van der Waals surface area contributed by atoms with Crippen LogP contribution in [0.5, 0.6) is 11.5 Å². The molecule has 2 aromatic rings. The smallest absolute Gasteiger partial charge is 0.179 e. The molecule has 0 bridgehead atoms. The summed E-state index contributed by atoms with van der Waals surface area (Å²) in [4.78, 5) is 3.24. The second kappa shape index (κ2) is 14.1. The van der Waals surface area contributed by atoms with Gasteiger partial charge in [0, 0.05) is 25.2 Å². The molecule has 1 aromatic carbocycles. The molecule has 0 aliphatic heterocycles. The van der Waals surface area contributed by atoms with Gasteiger partial charge in [0.15, 0.2) is 11.5 Å².